The molecule has 1 saturated heterocycles. The fourth-order valence-electron chi connectivity index (χ4n) is 0.971. The second-order valence-electron chi connectivity index (χ2n) is 2.28. The van der Waals surface area contributed by atoms with Crippen molar-refractivity contribution in [2.24, 2.45) is 0 Å². The summed E-state index contributed by atoms with van der Waals surface area (Å²) in [7, 11) is 0. The Hall–Kier alpha value is -0.810. The van der Waals surface area contributed by atoms with Crippen LogP contribution in [0, 0.1) is 0 Å². The van der Waals surface area contributed by atoms with Crippen LogP contribution in [0.15, 0.2) is 0 Å². The Kier molecular flexibility index (Phi) is 2.08. The van der Waals surface area contributed by atoms with Crippen LogP contribution in [0.3, 0.4) is 0 Å². The number of aliphatic hydroxyl groups excluding tert-OH is 1. The quantitative estimate of drug-likeness (QED) is 0.366. The largest absolute Gasteiger partial charge is 0.465 e. The van der Waals surface area contributed by atoms with E-state index >= 15 is 0 Å². The Morgan fingerprint density at radius 2 is 2.30 bits per heavy atom. The van der Waals surface area contributed by atoms with E-state index in [4.69, 9.17) is 10.2 Å². The predicted octanol–water partition coefficient (Wildman–Crippen LogP) is -1.41. The minimum Gasteiger partial charge on any atom is -0.465 e. The normalized spacial score (nSPS) is 32.1. The van der Waals surface area contributed by atoms with Crippen molar-refractivity contribution < 1.29 is 15.0 Å². The van der Waals surface area contributed by atoms with Crippen molar-refractivity contribution in [2.45, 2.75) is 12.1 Å². The summed E-state index contributed by atoms with van der Waals surface area (Å²) in [5.74, 6) is 0. The van der Waals surface area contributed by atoms with Gasteiger partial charge in [-0.25, -0.2) is 4.79 Å². The fraction of sp³-hybridized carbons (Fsp3) is 0.800. The average Bonchev–Trinajstić information content (AvgIpc) is 2.15. The molecule has 5 nitrogen and oxygen atoms in total. The molecule has 2 atom stereocenters. The van der Waals surface area contributed by atoms with E-state index in [0.29, 0.717) is 13.1 Å². The first-order valence-electron chi connectivity index (χ1n) is 3.08. The molecule has 1 heterocycles. The number of carbonyl (C=O) groups is 1. The van der Waals surface area contributed by atoms with Crippen molar-refractivity contribution in [3.05, 3.63) is 0 Å². The summed E-state index contributed by atoms with van der Waals surface area (Å²) < 4.78 is 0. The standard InChI is InChI=1S/C5H10N2O3/c8-4-2-6-1-3(4)7-5(9)10/h3-4,6-8H,1-2H2,(H,9,10)/t3-,4-/m0/s1. The van der Waals surface area contributed by atoms with Crippen LogP contribution >= 0.6 is 0 Å². The number of amides is 1. The van der Waals surface area contributed by atoms with Crippen molar-refractivity contribution in [1.82, 2.24) is 10.6 Å². The highest BCUT2D eigenvalue weighted by Crippen LogP contribution is 1.97. The molecule has 10 heavy (non-hydrogen) atoms. The number of β-amino-alcohol motifs (C(OH)–C–C–N with tert-alkyl or cyclic N) is 1. The van der Waals surface area contributed by atoms with E-state index in [-0.39, 0.29) is 6.04 Å². The van der Waals surface area contributed by atoms with E-state index in [1.165, 1.54) is 0 Å². The van der Waals surface area contributed by atoms with Gasteiger partial charge in [-0.2, -0.15) is 0 Å². The highest BCUT2D eigenvalue weighted by Gasteiger charge is 2.25. The van der Waals surface area contributed by atoms with Gasteiger partial charge >= 0.3 is 6.09 Å². The molecule has 0 bridgehead atoms. The molecule has 0 aromatic carbocycles. The van der Waals surface area contributed by atoms with E-state index in [0.717, 1.165) is 0 Å². The highest BCUT2D eigenvalue weighted by molar-refractivity contribution is 5.65. The number of hydrogen-bond donors (Lipinski definition) is 4. The minimum absolute atomic E-state index is 0.350. The first-order valence-corrected chi connectivity index (χ1v) is 3.08. The molecule has 1 fully saturated rings. The molecule has 5 heteroatoms. The molecule has 0 radical (unpaired) electrons. The summed E-state index contributed by atoms with van der Waals surface area (Å²) in [5.41, 5.74) is 0. The van der Waals surface area contributed by atoms with Gasteiger partial charge in [0.15, 0.2) is 0 Å². The van der Waals surface area contributed by atoms with E-state index in [2.05, 4.69) is 10.6 Å². The monoisotopic (exact) mass is 146 g/mol. The van der Waals surface area contributed by atoms with Crippen molar-refractivity contribution in [2.75, 3.05) is 13.1 Å². The van der Waals surface area contributed by atoms with Crippen LogP contribution in [0.25, 0.3) is 0 Å². The summed E-state index contributed by atoms with van der Waals surface area (Å²) >= 11 is 0. The molecule has 58 valence electrons. The van der Waals surface area contributed by atoms with Crippen molar-refractivity contribution >= 4 is 6.09 Å². The third-order valence-electron chi connectivity index (χ3n) is 1.49. The van der Waals surface area contributed by atoms with E-state index < -0.39 is 12.2 Å². The van der Waals surface area contributed by atoms with Crippen LogP contribution in [-0.4, -0.2) is 41.5 Å². The van der Waals surface area contributed by atoms with Gasteiger partial charge in [-0.1, -0.05) is 0 Å². The lowest BCUT2D eigenvalue weighted by molar-refractivity contribution is 0.148. The van der Waals surface area contributed by atoms with Crippen LogP contribution in [0.2, 0.25) is 0 Å². The first kappa shape index (κ1) is 7.30. The summed E-state index contributed by atoms with van der Waals surface area (Å²) in [6.07, 6.45) is -1.68. The zero-order valence-corrected chi connectivity index (χ0v) is 5.37. The Labute approximate surface area is 58.0 Å². The third-order valence-corrected chi connectivity index (χ3v) is 1.49. The van der Waals surface area contributed by atoms with Crippen LogP contribution in [0.5, 0.6) is 0 Å². The molecule has 0 aromatic rings. The van der Waals surface area contributed by atoms with E-state index in [1.54, 1.807) is 0 Å². The molecule has 4 N–H and O–H groups in total. The van der Waals surface area contributed by atoms with Gasteiger partial charge < -0.3 is 20.8 Å². The number of carboxylic acid groups (broad SMARTS) is 1. The molecule has 1 rings (SSSR count). The van der Waals surface area contributed by atoms with Gasteiger partial charge in [-0.05, 0) is 0 Å². The molecule has 1 amide bonds. The molecular weight excluding hydrogens is 136 g/mol. The van der Waals surface area contributed by atoms with Crippen molar-refractivity contribution in [3.8, 4) is 0 Å². The summed E-state index contributed by atoms with van der Waals surface area (Å²) in [5, 5.41) is 22.3. The average molecular weight is 146 g/mol. The van der Waals surface area contributed by atoms with Crippen LogP contribution in [-0.2, 0) is 0 Å². The van der Waals surface area contributed by atoms with Gasteiger partial charge in [-0.15, -0.1) is 0 Å². The molecule has 0 saturated carbocycles. The summed E-state index contributed by atoms with van der Waals surface area (Å²) in [4.78, 5) is 10.1. The van der Waals surface area contributed by atoms with Crippen molar-refractivity contribution in [3.63, 3.8) is 0 Å². The maximum absolute atomic E-state index is 10.1. The molecule has 0 aliphatic carbocycles. The van der Waals surface area contributed by atoms with Crippen molar-refractivity contribution in [1.29, 1.82) is 0 Å². The maximum Gasteiger partial charge on any atom is 0.405 e. The summed E-state index contributed by atoms with van der Waals surface area (Å²) in [6, 6.07) is -0.350. The van der Waals surface area contributed by atoms with Gasteiger partial charge in [-0.3, -0.25) is 0 Å². The molecule has 0 aromatic heterocycles. The van der Waals surface area contributed by atoms with Crippen LogP contribution in [0.4, 0.5) is 4.79 Å². The predicted molar refractivity (Wildman–Crippen MR) is 33.8 cm³/mol. The molecule has 1 aliphatic rings. The number of nitrogens with one attached hydrogen (secondary N) is 2. The topological polar surface area (TPSA) is 81.6 Å². The van der Waals surface area contributed by atoms with Crippen LogP contribution < -0.4 is 10.6 Å². The molecule has 1 aliphatic heterocycles. The van der Waals surface area contributed by atoms with Gasteiger partial charge in [0, 0.05) is 13.1 Å². The molecule has 0 spiro atoms. The lowest BCUT2D eigenvalue weighted by atomic mass is 10.2. The zero-order valence-electron chi connectivity index (χ0n) is 5.37. The SMILES string of the molecule is O=C(O)N[C@H]1CNC[C@@H]1O. The van der Waals surface area contributed by atoms with E-state index in [1.807, 2.05) is 0 Å². The fourth-order valence-corrected chi connectivity index (χ4v) is 0.971. The van der Waals surface area contributed by atoms with Gasteiger partial charge in [0.1, 0.15) is 0 Å². The zero-order chi connectivity index (χ0) is 7.56. The Morgan fingerprint density at radius 1 is 1.60 bits per heavy atom. The number of aliphatic hydroxyl groups is 1. The maximum atomic E-state index is 10.1. The number of rotatable bonds is 1. The second kappa shape index (κ2) is 2.85. The Balaban J connectivity index is 2.33. The molecule has 0 unspecified atom stereocenters. The first-order chi connectivity index (χ1) is 4.70. The summed E-state index contributed by atoms with van der Waals surface area (Å²) in [6.45, 7) is 0.971. The smallest absolute Gasteiger partial charge is 0.405 e. The Bertz CT molecular complexity index is 139. The second-order valence-corrected chi connectivity index (χ2v) is 2.28. The highest BCUT2D eigenvalue weighted by atomic mass is 16.4. The van der Waals surface area contributed by atoms with Crippen LogP contribution in [0.1, 0.15) is 0 Å². The minimum atomic E-state index is -1.09. The third kappa shape index (κ3) is 1.58. The van der Waals surface area contributed by atoms with Gasteiger partial charge in [0.25, 0.3) is 0 Å². The molecular formula is C5H10N2O3. The van der Waals surface area contributed by atoms with E-state index in [9.17, 15) is 4.79 Å². The number of hydrogen-bond acceptors (Lipinski definition) is 3. The lowest BCUT2D eigenvalue weighted by Gasteiger charge is -2.11. The van der Waals surface area contributed by atoms with Gasteiger partial charge in [0.2, 0.25) is 0 Å². The lowest BCUT2D eigenvalue weighted by Crippen LogP contribution is -2.41. The Morgan fingerprint density at radius 3 is 2.70 bits per heavy atom. The van der Waals surface area contributed by atoms with Gasteiger partial charge in [0.05, 0.1) is 12.1 Å².